The van der Waals surface area contributed by atoms with E-state index in [0.29, 0.717) is 0 Å². The van der Waals surface area contributed by atoms with Gasteiger partial charge in [-0.05, 0) is 28.3 Å². The van der Waals surface area contributed by atoms with Gasteiger partial charge in [0, 0.05) is 26.1 Å². The van der Waals surface area contributed by atoms with Gasteiger partial charge in [-0.15, -0.1) is 0 Å². The Labute approximate surface area is 169 Å². The van der Waals surface area contributed by atoms with Crippen LogP contribution in [0.2, 0.25) is 0 Å². The van der Waals surface area contributed by atoms with Crippen molar-refractivity contribution in [2.75, 3.05) is 0 Å². The maximum atomic E-state index is 13.3. The van der Waals surface area contributed by atoms with Crippen LogP contribution in [0.4, 0.5) is 0 Å². The second-order valence-corrected chi connectivity index (χ2v) is 7.44. The molecular weight excluding hydrogens is 368 g/mol. The number of carboxylic acids is 1. The summed E-state index contributed by atoms with van der Waals surface area (Å²) in [6.07, 6.45) is 3.87. The lowest BCUT2D eigenvalue weighted by molar-refractivity contribution is -0.152. The van der Waals surface area contributed by atoms with E-state index in [1.807, 2.05) is 54.6 Å². The van der Waals surface area contributed by atoms with Crippen LogP contribution in [0.15, 0.2) is 54.7 Å². The first-order valence-electron chi connectivity index (χ1n) is 9.61. The molecule has 6 heteroatoms. The second kappa shape index (κ2) is 7.54. The Hall–Kier alpha value is -3.41. The maximum Gasteiger partial charge on any atom is 0.326 e. The average Bonchev–Trinajstić information content (AvgIpc) is 2.72. The van der Waals surface area contributed by atoms with Gasteiger partial charge in [-0.25, -0.2) is 4.79 Å². The van der Waals surface area contributed by atoms with Crippen LogP contribution in [0.25, 0.3) is 6.08 Å². The summed E-state index contributed by atoms with van der Waals surface area (Å²) in [6, 6.07) is 13.9. The normalized spacial score (nSPS) is 20.0. The largest absolute Gasteiger partial charge is 0.480 e. The van der Waals surface area contributed by atoms with Gasteiger partial charge in [-0.2, -0.15) is 0 Å². The topological polar surface area (TPSA) is 77.9 Å². The molecule has 148 valence electrons. The highest BCUT2D eigenvalue weighted by atomic mass is 16.4. The fourth-order valence-electron chi connectivity index (χ4n) is 4.20. The first kappa shape index (κ1) is 18.9. The van der Waals surface area contributed by atoms with Gasteiger partial charge in [0.15, 0.2) is 0 Å². The van der Waals surface area contributed by atoms with Gasteiger partial charge in [-0.3, -0.25) is 9.59 Å². The molecule has 0 saturated carbocycles. The zero-order chi connectivity index (χ0) is 20.5. The molecule has 0 aromatic heterocycles. The van der Waals surface area contributed by atoms with Gasteiger partial charge < -0.3 is 14.9 Å². The number of rotatable bonds is 3. The molecule has 2 aromatic rings. The minimum absolute atomic E-state index is 0.0346. The van der Waals surface area contributed by atoms with Crippen LogP contribution in [0.1, 0.15) is 41.6 Å². The molecule has 2 aliphatic heterocycles. The highest BCUT2D eigenvalue weighted by molar-refractivity contribution is 5.86. The zero-order valence-corrected chi connectivity index (χ0v) is 16.1. The van der Waals surface area contributed by atoms with Gasteiger partial charge in [-0.1, -0.05) is 48.5 Å². The Morgan fingerprint density at radius 3 is 2.45 bits per heavy atom. The quantitative estimate of drug-likeness (QED) is 0.874. The number of fused-ring (bicyclic) bond motifs is 2. The van der Waals surface area contributed by atoms with Gasteiger partial charge in [0.05, 0.1) is 12.5 Å². The molecule has 2 atom stereocenters. The van der Waals surface area contributed by atoms with Crippen LogP contribution in [0.3, 0.4) is 0 Å². The predicted molar refractivity (Wildman–Crippen MR) is 107 cm³/mol. The second-order valence-electron chi connectivity index (χ2n) is 7.44. The van der Waals surface area contributed by atoms with Crippen molar-refractivity contribution in [2.45, 2.75) is 38.4 Å². The summed E-state index contributed by atoms with van der Waals surface area (Å²) in [6.45, 7) is 1.73. The Kier molecular flexibility index (Phi) is 4.92. The summed E-state index contributed by atoms with van der Waals surface area (Å²) in [5, 5.41) is 9.72. The van der Waals surface area contributed by atoms with Gasteiger partial charge in [0.1, 0.15) is 6.04 Å². The summed E-state index contributed by atoms with van der Waals surface area (Å²) >= 11 is 0. The molecule has 6 nitrogen and oxygen atoms in total. The number of nitrogens with zero attached hydrogens (tertiary/aromatic N) is 2. The van der Waals surface area contributed by atoms with Crippen molar-refractivity contribution < 1.29 is 19.5 Å². The Morgan fingerprint density at radius 1 is 1.03 bits per heavy atom. The van der Waals surface area contributed by atoms with E-state index in [9.17, 15) is 19.5 Å². The maximum absolute atomic E-state index is 13.3. The van der Waals surface area contributed by atoms with Crippen LogP contribution in [0.5, 0.6) is 0 Å². The van der Waals surface area contributed by atoms with E-state index >= 15 is 0 Å². The molecule has 2 amide bonds. The highest BCUT2D eigenvalue weighted by Crippen LogP contribution is 2.34. The van der Waals surface area contributed by atoms with Gasteiger partial charge in [0.2, 0.25) is 11.8 Å². The molecule has 0 unspecified atom stereocenters. The summed E-state index contributed by atoms with van der Waals surface area (Å²) in [5.41, 5.74) is 3.77. The summed E-state index contributed by atoms with van der Waals surface area (Å²) in [7, 11) is 0. The summed E-state index contributed by atoms with van der Waals surface area (Å²) in [5.74, 6) is -1.44. The van der Waals surface area contributed by atoms with Crippen molar-refractivity contribution in [3.63, 3.8) is 0 Å². The Bertz CT molecular complexity index is 1010. The number of hydrogen-bond acceptors (Lipinski definition) is 3. The Balaban J connectivity index is 1.64. The SMILES string of the molecule is CC(=O)N1C=Cc2ccccc2[C@H]1CC(=O)N1Cc2ccccc2C[C@@H]1C(=O)O. The van der Waals surface area contributed by atoms with E-state index in [-0.39, 0.29) is 31.2 Å². The van der Waals surface area contributed by atoms with Crippen LogP contribution in [-0.2, 0) is 27.3 Å². The number of aliphatic carboxylic acids is 1. The van der Waals surface area contributed by atoms with Crippen molar-refractivity contribution in [3.05, 3.63) is 77.0 Å². The minimum Gasteiger partial charge on any atom is -0.480 e. The number of carbonyl (C=O) groups is 3. The highest BCUT2D eigenvalue weighted by Gasteiger charge is 2.37. The van der Waals surface area contributed by atoms with Crippen LogP contribution in [-0.4, -0.2) is 38.7 Å². The number of amides is 2. The number of carboxylic acid groups (broad SMARTS) is 1. The molecule has 2 aliphatic rings. The van der Waals surface area contributed by atoms with E-state index in [0.717, 1.165) is 22.3 Å². The molecule has 2 aromatic carbocycles. The van der Waals surface area contributed by atoms with Crippen molar-refractivity contribution in [1.29, 1.82) is 0 Å². The number of benzene rings is 2. The fourth-order valence-corrected chi connectivity index (χ4v) is 4.20. The molecular formula is C23H22N2O4. The van der Waals surface area contributed by atoms with E-state index in [1.54, 1.807) is 11.1 Å². The first-order chi connectivity index (χ1) is 14.0. The lowest BCUT2D eigenvalue weighted by Crippen LogP contribution is -2.49. The van der Waals surface area contributed by atoms with E-state index < -0.39 is 18.1 Å². The lowest BCUT2D eigenvalue weighted by atomic mass is 9.91. The molecule has 0 bridgehead atoms. The molecule has 0 fully saturated rings. The standard InChI is InChI=1S/C23H22N2O4/c1-15(26)24-11-10-16-6-4-5-9-19(16)20(24)13-22(27)25-14-18-8-3-2-7-17(18)12-21(25)23(28)29/h2-11,20-21H,12-14H2,1H3,(H,28,29)/t20-,21-/m1/s1. The summed E-state index contributed by atoms with van der Waals surface area (Å²) < 4.78 is 0. The molecule has 0 spiro atoms. The number of hydrogen-bond donors (Lipinski definition) is 1. The van der Waals surface area contributed by atoms with Crippen molar-refractivity contribution in [2.24, 2.45) is 0 Å². The van der Waals surface area contributed by atoms with Crippen molar-refractivity contribution in [1.82, 2.24) is 9.80 Å². The smallest absolute Gasteiger partial charge is 0.326 e. The van der Waals surface area contributed by atoms with E-state index in [2.05, 4.69) is 0 Å². The molecule has 4 rings (SSSR count). The third-order valence-electron chi connectivity index (χ3n) is 5.69. The van der Waals surface area contributed by atoms with Crippen molar-refractivity contribution >= 4 is 23.9 Å². The minimum atomic E-state index is -1.01. The van der Waals surface area contributed by atoms with Crippen LogP contribution >= 0.6 is 0 Å². The zero-order valence-electron chi connectivity index (χ0n) is 16.1. The first-order valence-corrected chi connectivity index (χ1v) is 9.61. The molecule has 0 saturated heterocycles. The molecule has 0 radical (unpaired) electrons. The van der Waals surface area contributed by atoms with Crippen LogP contribution < -0.4 is 0 Å². The molecule has 0 aliphatic carbocycles. The third-order valence-corrected chi connectivity index (χ3v) is 5.69. The van der Waals surface area contributed by atoms with Gasteiger partial charge in [0.25, 0.3) is 0 Å². The molecule has 29 heavy (non-hydrogen) atoms. The lowest BCUT2D eigenvalue weighted by Gasteiger charge is -2.37. The van der Waals surface area contributed by atoms with Crippen molar-refractivity contribution in [3.8, 4) is 0 Å². The molecule has 2 heterocycles. The number of carbonyl (C=O) groups excluding carboxylic acids is 2. The fraction of sp³-hybridized carbons (Fsp3) is 0.261. The predicted octanol–water partition coefficient (Wildman–Crippen LogP) is 2.99. The Morgan fingerprint density at radius 2 is 1.72 bits per heavy atom. The van der Waals surface area contributed by atoms with Gasteiger partial charge >= 0.3 is 5.97 Å². The monoisotopic (exact) mass is 390 g/mol. The summed E-state index contributed by atoms with van der Waals surface area (Å²) in [4.78, 5) is 40.3. The molecule has 1 N–H and O–H groups in total. The van der Waals surface area contributed by atoms with E-state index in [1.165, 1.54) is 11.8 Å². The van der Waals surface area contributed by atoms with E-state index in [4.69, 9.17) is 0 Å². The average molecular weight is 390 g/mol. The third kappa shape index (κ3) is 3.53. The van der Waals surface area contributed by atoms with Crippen LogP contribution in [0, 0.1) is 0 Å².